The molecule has 0 amide bonds. The van der Waals surface area contributed by atoms with Gasteiger partial charge in [-0.05, 0) is 26.0 Å². The summed E-state index contributed by atoms with van der Waals surface area (Å²) in [5.41, 5.74) is 2.29. The molecule has 0 aliphatic rings. The van der Waals surface area contributed by atoms with Crippen molar-refractivity contribution in [3.63, 3.8) is 0 Å². The van der Waals surface area contributed by atoms with E-state index >= 15 is 0 Å². The molecule has 0 saturated heterocycles. The lowest BCUT2D eigenvalue weighted by Crippen LogP contribution is -2.05. The minimum atomic E-state index is -0.293. The monoisotopic (exact) mass is 226 g/mol. The van der Waals surface area contributed by atoms with Gasteiger partial charge < -0.3 is 0 Å². The van der Waals surface area contributed by atoms with Crippen LogP contribution in [-0.4, -0.2) is 21.0 Å². The van der Waals surface area contributed by atoms with E-state index in [1.54, 1.807) is 19.1 Å². The fraction of sp³-hybridized carbons (Fsp3) is 0.167. The molecule has 0 saturated carbocycles. The zero-order valence-corrected chi connectivity index (χ0v) is 9.48. The summed E-state index contributed by atoms with van der Waals surface area (Å²) in [5.74, 6) is -0.293. The van der Waals surface area contributed by atoms with E-state index in [1.807, 2.05) is 13.0 Å². The molecule has 17 heavy (non-hydrogen) atoms. The van der Waals surface area contributed by atoms with Gasteiger partial charge in [0.15, 0.2) is 5.69 Å². The zero-order chi connectivity index (χ0) is 12.4. The summed E-state index contributed by atoms with van der Waals surface area (Å²) in [4.78, 5) is 16.1. The van der Waals surface area contributed by atoms with E-state index in [1.165, 1.54) is 6.20 Å². The molecule has 0 radical (unpaired) electrons. The van der Waals surface area contributed by atoms with Crippen molar-refractivity contribution in [2.75, 3.05) is 0 Å². The second-order valence-electron chi connectivity index (χ2n) is 3.70. The molecule has 0 aliphatic heterocycles. The first kappa shape index (κ1) is 11.0. The van der Waals surface area contributed by atoms with Crippen LogP contribution < -0.4 is 0 Å². The third-order valence-electron chi connectivity index (χ3n) is 2.45. The molecule has 2 aromatic rings. The van der Waals surface area contributed by atoms with E-state index in [4.69, 9.17) is 5.26 Å². The molecule has 2 aromatic heterocycles. The number of nitrogens with one attached hydrogen (secondary N) is 1. The molecule has 0 atom stereocenters. The summed E-state index contributed by atoms with van der Waals surface area (Å²) in [5, 5.41) is 15.4. The lowest BCUT2D eigenvalue weighted by Gasteiger charge is -1.98. The lowest BCUT2D eigenvalue weighted by molar-refractivity contribution is 0.103. The highest BCUT2D eigenvalue weighted by Crippen LogP contribution is 2.13. The topological polar surface area (TPSA) is 82.4 Å². The van der Waals surface area contributed by atoms with Gasteiger partial charge in [-0.3, -0.25) is 14.9 Å². The van der Waals surface area contributed by atoms with Gasteiger partial charge in [-0.25, -0.2) is 0 Å². The second-order valence-corrected chi connectivity index (χ2v) is 3.70. The molecule has 0 spiro atoms. The maximum atomic E-state index is 12.1. The van der Waals surface area contributed by atoms with Gasteiger partial charge in [-0.15, -0.1) is 0 Å². The molecule has 0 aromatic carbocycles. The Labute approximate surface area is 98.1 Å². The Morgan fingerprint density at radius 2 is 2.18 bits per heavy atom. The number of aryl methyl sites for hydroxylation is 2. The Hall–Kier alpha value is -2.48. The fourth-order valence-electron chi connectivity index (χ4n) is 1.47. The molecule has 0 unspecified atom stereocenters. The van der Waals surface area contributed by atoms with Crippen LogP contribution in [0.1, 0.15) is 33.0 Å². The second kappa shape index (κ2) is 4.18. The summed E-state index contributed by atoms with van der Waals surface area (Å²) in [7, 11) is 0. The van der Waals surface area contributed by atoms with Crippen LogP contribution >= 0.6 is 0 Å². The number of nitriles is 1. The Kier molecular flexibility index (Phi) is 2.71. The maximum absolute atomic E-state index is 12.1. The van der Waals surface area contributed by atoms with Crippen molar-refractivity contribution >= 4 is 5.78 Å². The van der Waals surface area contributed by atoms with Crippen molar-refractivity contribution < 1.29 is 4.79 Å². The number of rotatable bonds is 2. The van der Waals surface area contributed by atoms with Crippen molar-refractivity contribution in [2.24, 2.45) is 0 Å². The van der Waals surface area contributed by atoms with Crippen LogP contribution in [0, 0.1) is 25.2 Å². The Morgan fingerprint density at radius 1 is 1.41 bits per heavy atom. The van der Waals surface area contributed by atoms with E-state index < -0.39 is 0 Å². The van der Waals surface area contributed by atoms with E-state index in [0.29, 0.717) is 11.3 Å². The van der Waals surface area contributed by atoms with Crippen LogP contribution in [0.2, 0.25) is 0 Å². The molecule has 5 heteroatoms. The fourth-order valence-corrected chi connectivity index (χ4v) is 1.47. The van der Waals surface area contributed by atoms with Crippen molar-refractivity contribution in [1.82, 2.24) is 15.2 Å². The average molecular weight is 226 g/mol. The van der Waals surface area contributed by atoms with Crippen LogP contribution in [0.15, 0.2) is 18.3 Å². The van der Waals surface area contributed by atoms with Crippen LogP contribution in [0.5, 0.6) is 0 Å². The molecule has 0 aliphatic carbocycles. The minimum absolute atomic E-state index is 0.149. The SMILES string of the molecule is Cc1ccc(C(=O)c2n[nH]c(C)c2C#N)cn1. The van der Waals surface area contributed by atoms with Crippen LogP contribution in [0.25, 0.3) is 0 Å². The summed E-state index contributed by atoms with van der Waals surface area (Å²) in [6.45, 7) is 3.55. The normalized spacial score (nSPS) is 9.94. The lowest BCUT2D eigenvalue weighted by atomic mass is 10.1. The van der Waals surface area contributed by atoms with Gasteiger partial charge in [0.2, 0.25) is 5.78 Å². The molecule has 2 rings (SSSR count). The van der Waals surface area contributed by atoms with Gasteiger partial charge in [0, 0.05) is 17.5 Å². The van der Waals surface area contributed by atoms with Crippen LogP contribution in [0.3, 0.4) is 0 Å². The first-order valence-electron chi connectivity index (χ1n) is 5.06. The number of carbonyl (C=O) groups is 1. The zero-order valence-electron chi connectivity index (χ0n) is 9.48. The summed E-state index contributed by atoms with van der Waals surface area (Å²) >= 11 is 0. The molecule has 0 fully saturated rings. The molecule has 0 bridgehead atoms. The molecule has 2 heterocycles. The average Bonchev–Trinajstić information content (AvgIpc) is 2.70. The quantitative estimate of drug-likeness (QED) is 0.787. The number of hydrogen-bond acceptors (Lipinski definition) is 4. The van der Waals surface area contributed by atoms with Gasteiger partial charge >= 0.3 is 0 Å². The smallest absolute Gasteiger partial charge is 0.216 e. The third kappa shape index (κ3) is 1.93. The predicted octanol–water partition coefficient (Wildman–Crippen LogP) is 1.52. The molecule has 5 nitrogen and oxygen atoms in total. The molecular formula is C12H10N4O. The number of hydrogen-bond donors (Lipinski definition) is 1. The standard InChI is InChI=1S/C12H10N4O/c1-7-3-4-9(6-14-7)12(17)11-10(5-13)8(2)15-16-11/h3-4,6H,1-2H3,(H,15,16). The Balaban J connectivity index is 2.44. The van der Waals surface area contributed by atoms with Crippen molar-refractivity contribution in [1.29, 1.82) is 5.26 Å². The van der Waals surface area contributed by atoms with E-state index in [9.17, 15) is 4.79 Å². The summed E-state index contributed by atoms with van der Waals surface area (Å²) in [6.07, 6.45) is 1.49. The number of carbonyl (C=O) groups excluding carboxylic acids is 1. The van der Waals surface area contributed by atoms with Gasteiger partial charge in [0.05, 0.1) is 5.69 Å². The summed E-state index contributed by atoms with van der Waals surface area (Å²) in [6, 6.07) is 5.40. The highest BCUT2D eigenvalue weighted by atomic mass is 16.1. The van der Waals surface area contributed by atoms with Gasteiger partial charge in [-0.1, -0.05) is 0 Å². The van der Waals surface area contributed by atoms with Crippen molar-refractivity contribution in [2.45, 2.75) is 13.8 Å². The first-order valence-corrected chi connectivity index (χ1v) is 5.06. The number of ketones is 1. The van der Waals surface area contributed by atoms with E-state index in [-0.39, 0.29) is 17.0 Å². The molecule has 1 N–H and O–H groups in total. The predicted molar refractivity (Wildman–Crippen MR) is 60.4 cm³/mol. The van der Waals surface area contributed by atoms with Crippen molar-refractivity contribution in [3.8, 4) is 6.07 Å². The Morgan fingerprint density at radius 3 is 2.76 bits per heavy atom. The number of pyridine rings is 1. The van der Waals surface area contributed by atoms with Gasteiger partial charge in [0.1, 0.15) is 11.6 Å². The van der Waals surface area contributed by atoms with Crippen molar-refractivity contribution in [3.05, 3.63) is 46.5 Å². The largest absolute Gasteiger partial charge is 0.287 e. The number of aromatic amines is 1. The Bertz CT molecular complexity index is 604. The van der Waals surface area contributed by atoms with E-state index in [2.05, 4.69) is 15.2 Å². The number of H-pyrrole nitrogens is 1. The van der Waals surface area contributed by atoms with Gasteiger partial charge in [-0.2, -0.15) is 10.4 Å². The minimum Gasteiger partial charge on any atom is -0.287 e. The number of aromatic nitrogens is 3. The first-order chi connectivity index (χ1) is 8.13. The molecule has 84 valence electrons. The summed E-state index contributed by atoms with van der Waals surface area (Å²) < 4.78 is 0. The third-order valence-corrected chi connectivity index (χ3v) is 2.45. The highest BCUT2D eigenvalue weighted by Gasteiger charge is 2.19. The van der Waals surface area contributed by atoms with Gasteiger partial charge in [0.25, 0.3) is 0 Å². The maximum Gasteiger partial charge on any atom is 0.216 e. The van der Waals surface area contributed by atoms with E-state index in [0.717, 1.165) is 5.69 Å². The van der Waals surface area contributed by atoms with Crippen LogP contribution in [0.4, 0.5) is 0 Å². The van der Waals surface area contributed by atoms with Crippen LogP contribution in [-0.2, 0) is 0 Å². The number of nitrogens with zero attached hydrogens (tertiary/aromatic N) is 3. The highest BCUT2D eigenvalue weighted by molar-refractivity contribution is 6.09. The molecular weight excluding hydrogens is 216 g/mol.